The fourth-order valence-electron chi connectivity index (χ4n) is 3.77. The lowest BCUT2D eigenvalue weighted by molar-refractivity contribution is 0.237. The van der Waals surface area contributed by atoms with Gasteiger partial charge in [-0.2, -0.15) is 15.8 Å². The maximum absolute atomic E-state index is 9.87. The van der Waals surface area contributed by atoms with Crippen molar-refractivity contribution < 1.29 is 0 Å². The molecule has 1 aromatic heterocycles. The van der Waals surface area contributed by atoms with E-state index in [1.54, 1.807) is 12.4 Å². The lowest BCUT2D eigenvalue weighted by Gasteiger charge is -2.45. The van der Waals surface area contributed by atoms with Crippen LogP contribution in [0, 0.1) is 45.3 Å². The first-order valence-electron chi connectivity index (χ1n) is 7.60. The molecule has 2 heterocycles. The fourth-order valence-corrected chi connectivity index (χ4v) is 3.77. The second-order valence-corrected chi connectivity index (χ2v) is 6.18. The van der Waals surface area contributed by atoms with Gasteiger partial charge in [0.2, 0.25) is 0 Å². The zero-order chi connectivity index (χ0) is 17.3. The fraction of sp³-hybridized carbons (Fsp3) is 0.333. The first-order chi connectivity index (χ1) is 11.6. The minimum absolute atomic E-state index is 0.0591. The van der Waals surface area contributed by atoms with Crippen molar-refractivity contribution in [2.24, 2.45) is 17.1 Å². The summed E-state index contributed by atoms with van der Waals surface area (Å²) in [6, 6.07) is 9.97. The molecule has 0 spiro atoms. The highest BCUT2D eigenvalue weighted by Gasteiger charge is 2.54. The van der Waals surface area contributed by atoms with Crippen LogP contribution in [0.3, 0.4) is 0 Å². The number of aromatic nitrogens is 1. The monoisotopic (exact) mass is 316 g/mol. The maximum atomic E-state index is 9.87. The van der Waals surface area contributed by atoms with Gasteiger partial charge in [-0.25, -0.2) is 0 Å². The number of nitrogens with zero attached hydrogens (tertiary/aromatic N) is 5. The van der Waals surface area contributed by atoms with Crippen molar-refractivity contribution in [1.29, 1.82) is 15.8 Å². The molecule has 0 aromatic carbocycles. The van der Waals surface area contributed by atoms with Crippen LogP contribution in [-0.4, -0.2) is 30.0 Å². The maximum Gasteiger partial charge on any atom is 0.191 e. The van der Waals surface area contributed by atoms with Crippen molar-refractivity contribution in [3.05, 3.63) is 53.0 Å². The van der Waals surface area contributed by atoms with Crippen LogP contribution in [0.2, 0.25) is 0 Å². The van der Waals surface area contributed by atoms with E-state index >= 15 is 0 Å². The van der Waals surface area contributed by atoms with E-state index in [0.717, 1.165) is 11.1 Å². The summed E-state index contributed by atoms with van der Waals surface area (Å²) < 4.78 is 0. The Morgan fingerprint density at radius 1 is 1.25 bits per heavy atom. The molecule has 0 fully saturated rings. The first kappa shape index (κ1) is 15.7. The van der Waals surface area contributed by atoms with Crippen molar-refractivity contribution in [3.63, 3.8) is 0 Å². The molecule has 0 unspecified atom stereocenters. The molecule has 0 saturated carbocycles. The summed E-state index contributed by atoms with van der Waals surface area (Å²) in [6.45, 7) is 1.36. The van der Waals surface area contributed by atoms with Crippen LogP contribution in [0.1, 0.15) is 11.5 Å². The number of nitrogens with two attached hydrogens (primary N) is 1. The summed E-state index contributed by atoms with van der Waals surface area (Å²) >= 11 is 0. The standard InChI is InChI=1S/C18H16N6/c1-24-7-4-13-14(8-19)17(22)18(10-20,11-21)16(15(13)9-24)12-2-5-23-6-3-12/h2-6,15-16H,7,9,22H2,1H3/t15-,16+/m1/s1. The van der Waals surface area contributed by atoms with E-state index in [2.05, 4.69) is 28.1 Å². The van der Waals surface area contributed by atoms with Gasteiger partial charge in [-0.05, 0) is 30.3 Å². The summed E-state index contributed by atoms with van der Waals surface area (Å²) in [4.78, 5) is 6.13. The Kier molecular flexibility index (Phi) is 3.81. The number of pyridine rings is 1. The van der Waals surface area contributed by atoms with Crippen LogP contribution < -0.4 is 5.73 Å². The normalized spacial score (nSPS) is 25.7. The molecule has 2 N–H and O–H groups in total. The van der Waals surface area contributed by atoms with Crippen LogP contribution in [-0.2, 0) is 0 Å². The third kappa shape index (κ3) is 2.07. The Labute approximate surface area is 140 Å². The Bertz CT molecular complexity index is 832. The van der Waals surface area contributed by atoms with Gasteiger partial charge < -0.3 is 10.6 Å². The van der Waals surface area contributed by atoms with Crippen molar-refractivity contribution in [3.8, 4) is 18.2 Å². The quantitative estimate of drug-likeness (QED) is 0.838. The zero-order valence-electron chi connectivity index (χ0n) is 13.3. The number of fused-ring (bicyclic) bond motifs is 1. The average Bonchev–Trinajstić information content (AvgIpc) is 2.62. The van der Waals surface area contributed by atoms with Gasteiger partial charge in [-0.1, -0.05) is 6.08 Å². The number of rotatable bonds is 1. The number of nitriles is 3. The zero-order valence-corrected chi connectivity index (χ0v) is 13.3. The van der Waals surface area contributed by atoms with Gasteiger partial charge in [-0.3, -0.25) is 4.98 Å². The lowest BCUT2D eigenvalue weighted by atomic mass is 9.58. The Hall–Kier alpha value is -3.14. The van der Waals surface area contributed by atoms with Crippen molar-refractivity contribution in [2.75, 3.05) is 20.1 Å². The Morgan fingerprint density at radius 2 is 1.92 bits per heavy atom. The number of hydrogen-bond acceptors (Lipinski definition) is 6. The second-order valence-electron chi connectivity index (χ2n) is 6.18. The number of likely N-dealkylation sites (N-methyl/N-ethyl adjacent to an activating group) is 1. The molecule has 2 atom stereocenters. The molecule has 3 rings (SSSR count). The molecule has 6 nitrogen and oxygen atoms in total. The third-order valence-electron chi connectivity index (χ3n) is 4.91. The summed E-state index contributed by atoms with van der Waals surface area (Å²) in [5.74, 6) is -0.589. The average molecular weight is 316 g/mol. The van der Waals surface area contributed by atoms with Gasteiger partial charge in [0, 0.05) is 37.3 Å². The molecule has 0 radical (unpaired) electrons. The smallest absolute Gasteiger partial charge is 0.191 e. The van der Waals surface area contributed by atoms with Crippen LogP contribution in [0.15, 0.2) is 47.4 Å². The van der Waals surface area contributed by atoms with Gasteiger partial charge in [0.25, 0.3) is 0 Å². The van der Waals surface area contributed by atoms with Crippen LogP contribution in [0.4, 0.5) is 0 Å². The Balaban J connectivity index is 2.33. The number of allylic oxidation sites excluding steroid dienone is 2. The van der Waals surface area contributed by atoms with Crippen molar-refractivity contribution in [1.82, 2.24) is 9.88 Å². The predicted molar refractivity (Wildman–Crippen MR) is 86.5 cm³/mol. The van der Waals surface area contributed by atoms with Gasteiger partial charge >= 0.3 is 0 Å². The minimum Gasteiger partial charge on any atom is -0.399 e. The molecule has 1 aliphatic carbocycles. The topological polar surface area (TPSA) is 114 Å². The molecule has 6 heteroatoms. The van der Waals surface area contributed by atoms with Crippen LogP contribution in [0.25, 0.3) is 0 Å². The van der Waals surface area contributed by atoms with Gasteiger partial charge in [0.15, 0.2) is 5.41 Å². The largest absolute Gasteiger partial charge is 0.399 e. The lowest BCUT2D eigenvalue weighted by Crippen LogP contribution is -2.47. The molecule has 0 bridgehead atoms. The molecule has 118 valence electrons. The molecule has 0 saturated heterocycles. The highest BCUT2D eigenvalue weighted by molar-refractivity contribution is 5.59. The first-order valence-corrected chi connectivity index (χ1v) is 7.60. The summed E-state index contributed by atoms with van der Waals surface area (Å²) in [5, 5.41) is 29.3. The van der Waals surface area contributed by atoms with Crippen molar-refractivity contribution in [2.45, 2.75) is 5.92 Å². The molecular weight excluding hydrogens is 300 g/mol. The van der Waals surface area contributed by atoms with E-state index in [1.165, 1.54) is 0 Å². The number of hydrogen-bond donors (Lipinski definition) is 1. The van der Waals surface area contributed by atoms with E-state index < -0.39 is 11.3 Å². The van der Waals surface area contributed by atoms with Crippen LogP contribution >= 0.6 is 0 Å². The van der Waals surface area contributed by atoms with Crippen molar-refractivity contribution >= 4 is 0 Å². The van der Waals surface area contributed by atoms with Gasteiger partial charge in [-0.15, -0.1) is 0 Å². The molecular formula is C18H16N6. The molecule has 1 aliphatic heterocycles. The second kappa shape index (κ2) is 5.81. The SMILES string of the molecule is CN1CC=C2C(C#N)=C(N)C(C#N)(C#N)[C@@H](c3ccncc3)[C@@H]2C1. The van der Waals surface area contributed by atoms with E-state index in [4.69, 9.17) is 5.73 Å². The van der Waals surface area contributed by atoms with Crippen LogP contribution in [0.5, 0.6) is 0 Å². The van der Waals surface area contributed by atoms with E-state index in [-0.39, 0.29) is 17.2 Å². The molecule has 2 aliphatic rings. The van der Waals surface area contributed by atoms with Gasteiger partial charge in [0.05, 0.1) is 23.4 Å². The van der Waals surface area contributed by atoms with E-state index in [9.17, 15) is 15.8 Å². The van der Waals surface area contributed by atoms with Gasteiger partial charge in [0.1, 0.15) is 6.07 Å². The summed E-state index contributed by atoms with van der Waals surface area (Å²) in [7, 11) is 1.98. The summed E-state index contributed by atoms with van der Waals surface area (Å²) in [5.41, 5.74) is 6.65. The molecule has 1 aromatic rings. The molecule has 0 amide bonds. The Morgan fingerprint density at radius 3 is 2.50 bits per heavy atom. The highest BCUT2D eigenvalue weighted by Crippen LogP contribution is 2.53. The van der Waals surface area contributed by atoms with E-state index in [1.807, 2.05) is 25.3 Å². The minimum atomic E-state index is -1.56. The highest BCUT2D eigenvalue weighted by atomic mass is 15.1. The summed E-state index contributed by atoms with van der Waals surface area (Å²) in [6.07, 6.45) is 5.27. The van der Waals surface area contributed by atoms with E-state index in [0.29, 0.717) is 13.1 Å². The molecule has 24 heavy (non-hydrogen) atoms. The third-order valence-corrected chi connectivity index (χ3v) is 4.91. The predicted octanol–water partition coefficient (Wildman–Crippen LogP) is 1.44.